The Hall–Kier alpha value is -1.75. The van der Waals surface area contributed by atoms with Crippen LogP contribution in [-0.4, -0.2) is 44.2 Å². The van der Waals surface area contributed by atoms with Crippen molar-refractivity contribution in [3.8, 4) is 11.5 Å². The van der Waals surface area contributed by atoms with E-state index >= 15 is 0 Å². The molecular formula is C19H30N2O3. The first-order valence-electron chi connectivity index (χ1n) is 8.70. The van der Waals surface area contributed by atoms with Gasteiger partial charge in [-0.25, -0.2) is 0 Å². The first kappa shape index (κ1) is 18.6. The number of rotatable bonds is 9. The van der Waals surface area contributed by atoms with E-state index in [2.05, 4.69) is 24.1 Å². The summed E-state index contributed by atoms with van der Waals surface area (Å²) in [5.74, 6) is 2.13. The van der Waals surface area contributed by atoms with Crippen molar-refractivity contribution in [1.82, 2.24) is 10.2 Å². The van der Waals surface area contributed by atoms with Crippen molar-refractivity contribution in [2.45, 2.75) is 45.7 Å². The lowest BCUT2D eigenvalue weighted by Gasteiger charge is -2.25. The summed E-state index contributed by atoms with van der Waals surface area (Å²) < 4.78 is 10.7. The zero-order valence-electron chi connectivity index (χ0n) is 15.5. The van der Waals surface area contributed by atoms with Gasteiger partial charge in [0.2, 0.25) is 5.91 Å². The number of benzene rings is 1. The van der Waals surface area contributed by atoms with Crippen LogP contribution in [-0.2, 0) is 4.79 Å². The van der Waals surface area contributed by atoms with Gasteiger partial charge in [0.25, 0.3) is 0 Å². The molecule has 0 radical (unpaired) electrons. The number of ether oxygens (including phenoxy) is 2. The normalized spacial score (nSPS) is 15.5. The van der Waals surface area contributed by atoms with Crippen LogP contribution in [0.4, 0.5) is 0 Å². The first-order chi connectivity index (χ1) is 11.4. The third-order valence-electron chi connectivity index (χ3n) is 4.29. The molecule has 5 nitrogen and oxygen atoms in total. The van der Waals surface area contributed by atoms with Gasteiger partial charge < -0.3 is 14.8 Å². The SMILES string of the molecule is COc1ccc(OC)c(C(C)NC(=O)CN(CC(C)C)C2CC2)c1. The third-order valence-corrected chi connectivity index (χ3v) is 4.29. The molecule has 1 saturated carbocycles. The van der Waals surface area contributed by atoms with E-state index in [0.717, 1.165) is 23.6 Å². The minimum atomic E-state index is -0.136. The highest BCUT2D eigenvalue weighted by molar-refractivity contribution is 5.78. The molecule has 134 valence electrons. The van der Waals surface area contributed by atoms with Crippen LogP contribution in [0.3, 0.4) is 0 Å². The molecule has 1 atom stereocenters. The van der Waals surface area contributed by atoms with Crippen LogP contribution in [0.2, 0.25) is 0 Å². The lowest BCUT2D eigenvalue weighted by Crippen LogP contribution is -2.41. The number of methoxy groups -OCH3 is 2. The van der Waals surface area contributed by atoms with E-state index in [1.165, 1.54) is 12.8 Å². The summed E-state index contributed by atoms with van der Waals surface area (Å²) in [4.78, 5) is 14.8. The Morgan fingerprint density at radius 1 is 1.25 bits per heavy atom. The van der Waals surface area contributed by atoms with Crippen LogP contribution < -0.4 is 14.8 Å². The summed E-state index contributed by atoms with van der Waals surface area (Å²) >= 11 is 0. The molecule has 0 aromatic heterocycles. The van der Waals surface area contributed by atoms with E-state index in [1.54, 1.807) is 14.2 Å². The molecule has 1 aromatic carbocycles. The third kappa shape index (κ3) is 5.13. The van der Waals surface area contributed by atoms with Gasteiger partial charge in [-0.15, -0.1) is 0 Å². The monoisotopic (exact) mass is 334 g/mol. The average Bonchev–Trinajstić information content (AvgIpc) is 3.37. The molecule has 0 heterocycles. The van der Waals surface area contributed by atoms with E-state index in [9.17, 15) is 4.79 Å². The van der Waals surface area contributed by atoms with Gasteiger partial charge in [-0.2, -0.15) is 0 Å². The van der Waals surface area contributed by atoms with Crippen molar-refractivity contribution in [2.75, 3.05) is 27.3 Å². The smallest absolute Gasteiger partial charge is 0.234 e. The zero-order valence-corrected chi connectivity index (χ0v) is 15.5. The second-order valence-corrected chi connectivity index (χ2v) is 6.95. The molecule has 0 spiro atoms. The maximum atomic E-state index is 12.5. The van der Waals surface area contributed by atoms with Gasteiger partial charge in [-0.1, -0.05) is 13.8 Å². The van der Waals surface area contributed by atoms with Crippen molar-refractivity contribution in [3.05, 3.63) is 23.8 Å². The number of hydrogen-bond donors (Lipinski definition) is 1. The number of nitrogens with one attached hydrogen (secondary N) is 1. The molecule has 1 aliphatic rings. The Morgan fingerprint density at radius 2 is 1.96 bits per heavy atom. The fraction of sp³-hybridized carbons (Fsp3) is 0.632. The van der Waals surface area contributed by atoms with Gasteiger partial charge in [0.15, 0.2) is 0 Å². The highest BCUT2D eigenvalue weighted by Crippen LogP contribution is 2.30. The quantitative estimate of drug-likeness (QED) is 0.754. The Morgan fingerprint density at radius 3 is 2.50 bits per heavy atom. The van der Waals surface area contributed by atoms with E-state index in [1.807, 2.05) is 25.1 Å². The second kappa shape index (κ2) is 8.38. The molecule has 1 fully saturated rings. The van der Waals surface area contributed by atoms with Crippen molar-refractivity contribution in [2.24, 2.45) is 5.92 Å². The molecule has 0 saturated heterocycles. The molecule has 1 N–H and O–H groups in total. The molecule has 24 heavy (non-hydrogen) atoms. The van der Waals surface area contributed by atoms with Gasteiger partial charge in [0, 0.05) is 18.2 Å². The van der Waals surface area contributed by atoms with Crippen LogP contribution in [0, 0.1) is 5.92 Å². The highest BCUT2D eigenvalue weighted by Gasteiger charge is 2.30. The number of nitrogens with zero attached hydrogens (tertiary/aromatic N) is 1. The van der Waals surface area contributed by atoms with Crippen molar-refractivity contribution < 1.29 is 14.3 Å². The van der Waals surface area contributed by atoms with Crippen LogP contribution in [0.5, 0.6) is 11.5 Å². The largest absolute Gasteiger partial charge is 0.497 e. The van der Waals surface area contributed by atoms with Gasteiger partial charge in [-0.3, -0.25) is 9.69 Å². The summed E-state index contributed by atoms with van der Waals surface area (Å²) in [6, 6.07) is 6.08. The number of carbonyl (C=O) groups excluding carboxylic acids is 1. The van der Waals surface area contributed by atoms with Crippen LogP contribution in [0.1, 0.15) is 45.2 Å². The maximum absolute atomic E-state index is 12.5. The summed E-state index contributed by atoms with van der Waals surface area (Å²) in [5, 5.41) is 3.09. The molecule has 1 aromatic rings. The van der Waals surface area contributed by atoms with Gasteiger partial charge in [-0.05, 0) is 43.9 Å². The average molecular weight is 334 g/mol. The maximum Gasteiger partial charge on any atom is 0.234 e. The van der Waals surface area contributed by atoms with E-state index < -0.39 is 0 Å². The Labute approximate surface area is 145 Å². The minimum absolute atomic E-state index is 0.0555. The van der Waals surface area contributed by atoms with Crippen molar-refractivity contribution >= 4 is 5.91 Å². The standard InChI is InChI=1S/C19H30N2O3/c1-13(2)11-21(15-6-7-15)12-19(22)20-14(3)17-10-16(23-4)8-9-18(17)24-5/h8-10,13-15H,6-7,11-12H2,1-5H3,(H,20,22). The summed E-state index contributed by atoms with van der Waals surface area (Å²) in [6.45, 7) is 7.78. The molecule has 1 unspecified atom stereocenters. The summed E-state index contributed by atoms with van der Waals surface area (Å²) in [5.41, 5.74) is 0.923. The number of hydrogen-bond acceptors (Lipinski definition) is 4. The summed E-state index contributed by atoms with van der Waals surface area (Å²) in [7, 11) is 3.27. The first-order valence-corrected chi connectivity index (χ1v) is 8.70. The van der Waals surface area contributed by atoms with E-state index in [0.29, 0.717) is 18.5 Å². The highest BCUT2D eigenvalue weighted by atomic mass is 16.5. The molecule has 5 heteroatoms. The topological polar surface area (TPSA) is 50.8 Å². The van der Waals surface area contributed by atoms with Crippen LogP contribution >= 0.6 is 0 Å². The summed E-state index contributed by atoms with van der Waals surface area (Å²) in [6.07, 6.45) is 2.42. The molecule has 1 aliphatic carbocycles. The molecule has 0 bridgehead atoms. The number of carbonyl (C=O) groups is 1. The molecule has 1 amide bonds. The predicted octanol–water partition coefficient (Wildman–Crippen LogP) is 3.00. The molecule has 2 rings (SSSR count). The van der Waals surface area contributed by atoms with Crippen molar-refractivity contribution in [1.29, 1.82) is 0 Å². The van der Waals surface area contributed by atoms with Crippen LogP contribution in [0.15, 0.2) is 18.2 Å². The minimum Gasteiger partial charge on any atom is -0.497 e. The number of amides is 1. The van der Waals surface area contributed by atoms with Crippen LogP contribution in [0.25, 0.3) is 0 Å². The Bertz CT molecular complexity index is 556. The Balaban J connectivity index is 2.00. The Kier molecular flexibility index (Phi) is 6.49. The van der Waals surface area contributed by atoms with Gasteiger partial charge >= 0.3 is 0 Å². The lowest BCUT2D eigenvalue weighted by molar-refractivity contribution is -0.123. The second-order valence-electron chi connectivity index (χ2n) is 6.95. The van der Waals surface area contributed by atoms with E-state index in [4.69, 9.17) is 9.47 Å². The van der Waals surface area contributed by atoms with Crippen molar-refractivity contribution in [3.63, 3.8) is 0 Å². The molecule has 0 aliphatic heterocycles. The molecular weight excluding hydrogens is 304 g/mol. The zero-order chi connectivity index (χ0) is 17.7. The lowest BCUT2D eigenvalue weighted by atomic mass is 10.1. The fourth-order valence-corrected chi connectivity index (χ4v) is 2.98. The van der Waals surface area contributed by atoms with Gasteiger partial charge in [0.1, 0.15) is 11.5 Å². The van der Waals surface area contributed by atoms with E-state index in [-0.39, 0.29) is 11.9 Å². The fourth-order valence-electron chi connectivity index (χ4n) is 2.98. The van der Waals surface area contributed by atoms with Gasteiger partial charge in [0.05, 0.1) is 26.8 Å². The predicted molar refractivity (Wildman–Crippen MR) is 95.5 cm³/mol.